The van der Waals surface area contributed by atoms with Crippen LogP contribution in [0.15, 0.2) is 11.3 Å². The topological polar surface area (TPSA) is 65.1 Å². The number of hydrogen-bond acceptors (Lipinski definition) is 6. The highest BCUT2D eigenvalue weighted by Crippen LogP contribution is 2.37. The predicted molar refractivity (Wildman–Crippen MR) is 67.8 cm³/mol. The standard InChI is InChI=1S/C13H21NO5/c1-6-17-10(15)8-13(4)9(3)11(19-14(13)5)12(16)18-7-2/h6-8H2,1-5H3. The fraction of sp³-hybridized carbons (Fsp3) is 0.692. The van der Waals surface area contributed by atoms with E-state index in [4.69, 9.17) is 14.3 Å². The molecule has 0 aromatic heterocycles. The molecule has 0 fully saturated rings. The zero-order chi connectivity index (χ0) is 14.6. The van der Waals surface area contributed by atoms with Crippen LogP contribution in [-0.4, -0.2) is 42.8 Å². The van der Waals surface area contributed by atoms with Gasteiger partial charge in [-0.2, -0.15) is 0 Å². The summed E-state index contributed by atoms with van der Waals surface area (Å²) in [6.07, 6.45) is 0.117. The van der Waals surface area contributed by atoms with Crippen molar-refractivity contribution in [2.75, 3.05) is 20.3 Å². The second kappa shape index (κ2) is 6.06. The Morgan fingerprint density at radius 2 is 1.84 bits per heavy atom. The van der Waals surface area contributed by atoms with Gasteiger partial charge in [0.25, 0.3) is 0 Å². The molecule has 1 heterocycles. The fourth-order valence-corrected chi connectivity index (χ4v) is 1.91. The summed E-state index contributed by atoms with van der Waals surface area (Å²) in [4.78, 5) is 28.8. The summed E-state index contributed by atoms with van der Waals surface area (Å²) in [5.74, 6) is -0.694. The molecule has 0 radical (unpaired) electrons. The maximum Gasteiger partial charge on any atom is 0.376 e. The van der Waals surface area contributed by atoms with E-state index in [1.54, 1.807) is 27.8 Å². The van der Waals surface area contributed by atoms with E-state index in [1.807, 2.05) is 6.92 Å². The third-order valence-corrected chi connectivity index (χ3v) is 3.33. The van der Waals surface area contributed by atoms with Crippen molar-refractivity contribution in [2.45, 2.75) is 39.7 Å². The van der Waals surface area contributed by atoms with Gasteiger partial charge in [0.05, 0.1) is 25.2 Å². The number of ether oxygens (including phenoxy) is 2. The van der Waals surface area contributed by atoms with Gasteiger partial charge in [0.2, 0.25) is 5.76 Å². The van der Waals surface area contributed by atoms with E-state index in [-0.39, 0.29) is 24.8 Å². The molecule has 0 bridgehead atoms. The lowest BCUT2D eigenvalue weighted by atomic mass is 9.89. The average Bonchev–Trinajstić information content (AvgIpc) is 2.54. The van der Waals surface area contributed by atoms with Gasteiger partial charge in [0.1, 0.15) is 0 Å². The molecule has 0 aromatic rings. The third kappa shape index (κ3) is 3.07. The maximum atomic E-state index is 11.8. The van der Waals surface area contributed by atoms with Crippen molar-refractivity contribution in [1.82, 2.24) is 5.06 Å². The molecule has 0 saturated carbocycles. The Morgan fingerprint density at radius 3 is 2.37 bits per heavy atom. The van der Waals surface area contributed by atoms with Crippen LogP contribution in [0.2, 0.25) is 0 Å². The van der Waals surface area contributed by atoms with Crippen LogP contribution in [0, 0.1) is 0 Å². The Labute approximate surface area is 113 Å². The Balaban J connectivity index is 2.93. The largest absolute Gasteiger partial charge is 0.466 e. The van der Waals surface area contributed by atoms with Gasteiger partial charge in [-0.15, -0.1) is 5.06 Å². The summed E-state index contributed by atoms with van der Waals surface area (Å²) < 4.78 is 9.87. The van der Waals surface area contributed by atoms with Gasteiger partial charge >= 0.3 is 11.9 Å². The molecule has 0 amide bonds. The summed E-state index contributed by atoms with van der Waals surface area (Å²) >= 11 is 0. The molecular weight excluding hydrogens is 250 g/mol. The molecule has 1 aliphatic rings. The first kappa shape index (κ1) is 15.5. The minimum atomic E-state index is -0.700. The first-order valence-corrected chi connectivity index (χ1v) is 6.32. The summed E-state index contributed by atoms with van der Waals surface area (Å²) in [6.45, 7) is 7.66. The Hall–Kier alpha value is -1.56. The lowest BCUT2D eigenvalue weighted by Gasteiger charge is -2.30. The van der Waals surface area contributed by atoms with Gasteiger partial charge in [-0.1, -0.05) is 0 Å². The van der Waals surface area contributed by atoms with E-state index >= 15 is 0 Å². The number of rotatable bonds is 5. The van der Waals surface area contributed by atoms with Crippen LogP contribution < -0.4 is 0 Å². The molecule has 0 aromatic carbocycles. The zero-order valence-electron chi connectivity index (χ0n) is 12.1. The minimum absolute atomic E-state index is 0.117. The monoisotopic (exact) mass is 271 g/mol. The molecule has 19 heavy (non-hydrogen) atoms. The summed E-state index contributed by atoms with van der Waals surface area (Å²) in [7, 11) is 1.68. The van der Waals surface area contributed by atoms with E-state index in [9.17, 15) is 9.59 Å². The van der Waals surface area contributed by atoms with E-state index in [0.717, 1.165) is 0 Å². The first-order chi connectivity index (χ1) is 8.86. The average molecular weight is 271 g/mol. The number of esters is 2. The molecule has 0 saturated heterocycles. The lowest BCUT2D eigenvalue weighted by molar-refractivity contribution is -0.167. The number of carbonyl (C=O) groups excluding carboxylic acids is 2. The predicted octanol–water partition coefficient (Wildman–Crippen LogP) is 1.41. The normalized spacial score (nSPS) is 23.2. The smallest absolute Gasteiger partial charge is 0.376 e. The molecule has 6 heteroatoms. The number of likely N-dealkylation sites (N-methyl/N-ethyl adjacent to an activating group) is 1. The molecule has 0 spiro atoms. The molecule has 1 unspecified atom stereocenters. The third-order valence-electron chi connectivity index (χ3n) is 3.33. The van der Waals surface area contributed by atoms with Crippen molar-refractivity contribution in [3.63, 3.8) is 0 Å². The van der Waals surface area contributed by atoms with Crippen molar-refractivity contribution < 1.29 is 23.9 Å². The summed E-state index contributed by atoms with van der Waals surface area (Å²) in [5, 5.41) is 1.49. The zero-order valence-corrected chi connectivity index (χ0v) is 12.1. The molecule has 0 N–H and O–H groups in total. The van der Waals surface area contributed by atoms with Crippen molar-refractivity contribution in [3.8, 4) is 0 Å². The van der Waals surface area contributed by atoms with Crippen LogP contribution in [0.3, 0.4) is 0 Å². The van der Waals surface area contributed by atoms with Crippen LogP contribution in [0.4, 0.5) is 0 Å². The summed E-state index contributed by atoms with van der Waals surface area (Å²) in [5.41, 5.74) is -0.0320. The van der Waals surface area contributed by atoms with Gasteiger partial charge in [0, 0.05) is 12.6 Å². The Bertz CT molecular complexity index is 404. The van der Waals surface area contributed by atoms with Gasteiger partial charge in [0.15, 0.2) is 0 Å². The second-order valence-corrected chi connectivity index (χ2v) is 4.52. The minimum Gasteiger partial charge on any atom is -0.466 e. The molecule has 108 valence electrons. The number of hydrogen-bond donors (Lipinski definition) is 0. The fourth-order valence-electron chi connectivity index (χ4n) is 1.91. The molecule has 1 aliphatic heterocycles. The number of hydroxylamine groups is 2. The molecule has 1 atom stereocenters. The highest BCUT2D eigenvalue weighted by Gasteiger charge is 2.46. The van der Waals surface area contributed by atoms with Crippen LogP contribution in [0.25, 0.3) is 0 Å². The Morgan fingerprint density at radius 1 is 1.26 bits per heavy atom. The SMILES string of the molecule is CCOC(=O)CC1(C)C(C)=C(C(=O)OCC)ON1C. The van der Waals surface area contributed by atoms with Crippen LogP contribution >= 0.6 is 0 Å². The Kier molecular flexibility index (Phi) is 4.94. The van der Waals surface area contributed by atoms with Crippen LogP contribution in [-0.2, 0) is 23.9 Å². The van der Waals surface area contributed by atoms with Crippen LogP contribution in [0.5, 0.6) is 0 Å². The van der Waals surface area contributed by atoms with E-state index < -0.39 is 11.5 Å². The maximum absolute atomic E-state index is 11.8. The second-order valence-electron chi connectivity index (χ2n) is 4.52. The quantitative estimate of drug-likeness (QED) is 0.704. The van der Waals surface area contributed by atoms with E-state index in [2.05, 4.69) is 0 Å². The van der Waals surface area contributed by atoms with Crippen molar-refractivity contribution in [3.05, 3.63) is 11.3 Å². The van der Waals surface area contributed by atoms with Gasteiger partial charge in [-0.05, 0) is 27.7 Å². The van der Waals surface area contributed by atoms with Crippen molar-refractivity contribution in [2.24, 2.45) is 0 Å². The molecule has 6 nitrogen and oxygen atoms in total. The number of nitrogens with zero attached hydrogens (tertiary/aromatic N) is 1. The van der Waals surface area contributed by atoms with E-state index in [0.29, 0.717) is 12.2 Å². The van der Waals surface area contributed by atoms with Crippen molar-refractivity contribution >= 4 is 11.9 Å². The van der Waals surface area contributed by atoms with Crippen molar-refractivity contribution in [1.29, 1.82) is 0 Å². The highest BCUT2D eigenvalue weighted by molar-refractivity contribution is 5.88. The van der Waals surface area contributed by atoms with Gasteiger partial charge in [-0.3, -0.25) is 4.79 Å². The molecule has 0 aliphatic carbocycles. The molecular formula is C13H21NO5. The van der Waals surface area contributed by atoms with Crippen LogP contribution in [0.1, 0.15) is 34.1 Å². The lowest BCUT2D eigenvalue weighted by Crippen LogP contribution is -2.42. The van der Waals surface area contributed by atoms with Gasteiger partial charge in [-0.25, -0.2) is 4.79 Å². The molecule has 1 rings (SSSR count). The van der Waals surface area contributed by atoms with Gasteiger partial charge < -0.3 is 14.3 Å². The highest BCUT2D eigenvalue weighted by atomic mass is 16.7. The summed E-state index contributed by atoms with van der Waals surface area (Å²) in [6, 6.07) is 0. The van der Waals surface area contributed by atoms with E-state index in [1.165, 1.54) is 5.06 Å². The number of carbonyl (C=O) groups is 2. The first-order valence-electron chi connectivity index (χ1n) is 6.32.